The Morgan fingerprint density at radius 3 is 2.65 bits per heavy atom. The van der Waals surface area contributed by atoms with Crippen molar-refractivity contribution in [3.63, 3.8) is 0 Å². The van der Waals surface area contributed by atoms with Gasteiger partial charge < -0.3 is 5.11 Å². The van der Waals surface area contributed by atoms with Crippen LogP contribution >= 0.6 is 11.6 Å². The van der Waals surface area contributed by atoms with Gasteiger partial charge in [-0.3, -0.25) is 4.79 Å². The summed E-state index contributed by atoms with van der Waals surface area (Å²) < 4.78 is 1.72. The van der Waals surface area contributed by atoms with Crippen molar-refractivity contribution in [2.75, 3.05) is 0 Å². The SMILES string of the molecule is Cc1ccc(C(c2ccc3c(nnn3C)c2C)C(C)C(=O)O)cc1CCl. The first-order valence-corrected chi connectivity index (χ1v) is 9.05. The third kappa shape index (κ3) is 3.07. The minimum atomic E-state index is -0.832. The summed E-state index contributed by atoms with van der Waals surface area (Å²) >= 11 is 6.07. The summed E-state index contributed by atoms with van der Waals surface area (Å²) in [4.78, 5) is 11.8. The zero-order chi connectivity index (χ0) is 19.0. The maximum atomic E-state index is 11.8. The lowest BCUT2D eigenvalue weighted by Crippen LogP contribution is -2.21. The van der Waals surface area contributed by atoms with Crippen molar-refractivity contribution in [2.24, 2.45) is 13.0 Å². The smallest absolute Gasteiger partial charge is 0.307 e. The standard InChI is InChI=1S/C20H22ClN3O2/c1-11-5-6-14(9-15(11)10-21)18(13(3)20(25)26)16-7-8-17-19(12(16)2)22-23-24(17)4/h5-9,13,18H,10H2,1-4H3,(H,25,26). The number of hydrogen-bond donors (Lipinski definition) is 1. The zero-order valence-electron chi connectivity index (χ0n) is 15.3. The van der Waals surface area contributed by atoms with Gasteiger partial charge in [0.25, 0.3) is 0 Å². The topological polar surface area (TPSA) is 68.0 Å². The van der Waals surface area contributed by atoms with Crippen LogP contribution in [0.15, 0.2) is 30.3 Å². The van der Waals surface area contributed by atoms with Gasteiger partial charge in [0.05, 0.1) is 11.4 Å². The average molecular weight is 372 g/mol. The summed E-state index contributed by atoms with van der Waals surface area (Å²) in [5.41, 5.74) is 6.72. The fraction of sp³-hybridized carbons (Fsp3) is 0.350. The fourth-order valence-electron chi connectivity index (χ4n) is 3.49. The molecule has 0 spiro atoms. The first-order valence-electron chi connectivity index (χ1n) is 8.52. The van der Waals surface area contributed by atoms with E-state index < -0.39 is 11.9 Å². The van der Waals surface area contributed by atoms with Gasteiger partial charge in [0, 0.05) is 18.8 Å². The summed E-state index contributed by atoms with van der Waals surface area (Å²) in [6.45, 7) is 5.73. The number of rotatable bonds is 5. The first kappa shape index (κ1) is 18.4. The van der Waals surface area contributed by atoms with Gasteiger partial charge in [0.15, 0.2) is 0 Å². The lowest BCUT2D eigenvalue weighted by atomic mass is 9.79. The van der Waals surface area contributed by atoms with Crippen LogP contribution in [0.4, 0.5) is 0 Å². The molecule has 0 aliphatic heterocycles. The van der Waals surface area contributed by atoms with Crippen LogP contribution in [-0.4, -0.2) is 26.1 Å². The van der Waals surface area contributed by atoms with E-state index in [1.165, 1.54) is 0 Å². The number of aryl methyl sites for hydroxylation is 3. The summed E-state index contributed by atoms with van der Waals surface area (Å²) in [5.74, 6) is -1.31. The number of fused-ring (bicyclic) bond motifs is 1. The number of aromatic nitrogens is 3. The van der Waals surface area contributed by atoms with E-state index in [-0.39, 0.29) is 5.92 Å². The molecule has 2 aromatic carbocycles. The van der Waals surface area contributed by atoms with Crippen molar-refractivity contribution in [1.82, 2.24) is 15.0 Å². The highest BCUT2D eigenvalue weighted by molar-refractivity contribution is 6.17. The molecule has 0 fully saturated rings. The highest BCUT2D eigenvalue weighted by Crippen LogP contribution is 2.37. The number of nitrogens with zero attached hydrogens (tertiary/aromatic N) is 3. The second-order valence-corrected chi connectivity index (χ2v) is 7.05. The highest BCUT2D eigenvalue weighted by atomic mass is 35.5. The highest BCUT2D eigenvalue weighted by Gasteiger charge is 2.29. The van der Waals surface area contributed by atoms with Crippen molar-refractivity contribution >= 4 is 28.6 Å². The van der Waals surface area contributed by atoms with Gasteiger partial charge >= 0.3 is 5.97 Å². The number of carboxylic acid groups (broad SMARTS) is 1. The molecule has 3 aromatic rings. The minimum Gasteiger partial charge on any atom is -0.481 e. The van der Waals surface area contributed by atoms with Gasteiger partial charge in [-0.25, -0.2) is 4.68 Å². The Hall–Kier alpha value is -2.40. The van der Waals surface area contributed by atoms with Crippen LogP contribution in [-0.2, 0) is 17.7 Å². The van der Waals surface area contributed by atoms with Crippen LogP contribution in [0.25, 0.3) is 11.0 Å². The Kier molecular flexibility index (Phi) is 5.01. The van der Waals surface area contributed by atoms with E-state index in [4.69, 9.17) is 11.6 Å². The van der Waals surface area contributed by atoms with Crippen molar-refractivity contribution < 1.29 is 9.90 Å². The van der Waals surface area contributed by atoms with E-state index in [0.29, 0.717) is 5.88 Å². The first-order chi connectivity index (χ1) is 12.3. The van der Waals surface area contributed by atoms with E-state index in [0.717, 1.165) is 38.9 Å². The zero-order valence-corrected chi connectivity index (χ0v) is 16.1. The molecule has 0 bridgehead atoms. The molecule has 5 nitrogen and oxygen atoms in total. The molecule has 0 aliphatic rings. The lowest BCUT2D eigenvalue weighted by Gasteiger charge is -2.25. The number of alkyl halides is 1. The molecule has 1 N–H and O–H groups in total. The number of halogens is 1. The van der Waals surface area contributed by atoms with E-state index >= 15 is 0 Å². The van der Waals surface area contributed by atoms with Crippen molar-refractivity contribution in [3.05, 3.63) is 58.1 Å². The summed E-state index contributed by atoms with van der Waals surface area (Å²) in [6, 6.07) is 9.97. The molecule has 26 heavy (non-hydrogen) atoms. The predicted octanol–water partition coefficient (Wildman–Crippen LogP) is 4.18. The van der Waals surface area contributed by atoms with Gasteiger partial charge in [-0.2, -0.15) is 0 Å². The molecule has 0 saturated carbocycles. The van der Waals surface area contributed by atoms with Crippen LogP contribution < -0.4 is 0 Å². The van der Waals surface area contributed by atoms with Gasteiger partial charge in [-0.1, -0.05) is 36.4 Å². The van der Waals surface area contributed by atoms with E-state index in [1.54, 1.807) is 11.6 Å². The largest absolute Gasteiger partial charge is 0.481 e. The molecule has 0 radical (unpaired) electrons. The molecule has 1 aromatic heterocycles. The van der Waals surface area contributed by atoms with Crippen molar-refractivity contribution in [1.29, 1.82) is 0 Å². The molecule has 0 amide bonds. The number of hydrogen-bond acceptors (Lipinski definition) is 3. The normalized spacial score (nSPS) is 13.7. The predicted molar refractivity (Wildman–Crippen MR) is 103 cm³/mol. The maximum Gasteiger partial charge on any atom is 0.307 e. The number of carboxylic acids is 1. The fourth-order valence-corrected chi connectivity index (χ4v) is 3.78. The summed E-state index contributed by atoms with van der Waals surface area (Å²) in [6.07, 6.45) is 0. The Morgan fingerprint density at radius 1 is 1.27 bits per heavy atom. The van der Waals surface area contributed by atoms with E-state index in [1.807, 2.05) is 51.2 Å². The van der Waals surface area contributed by atoms with Gasteiger partial charge in [0.2, 0.25) is 0 Å². The van der Waals surface area contributed by atoms with Crippen molar-refractivity contribution in [3.8, 4) is 0 Å². The second kappa shape index (κ2) is 7.08. The maximum absolute atomic E-state index is 11.8. The third-order valence-corrected chi connectivity index (χ3v) is 5.47. The number of carbonyl (C=O) groups is 1. The lowest BCUT2D eigenvalue weighted by molar-refractivity contribution is -0.141. The Labute approximate surface area is 157 Å². The van der Waals surface area contributed by atoms with Crippen LogP contribution in [0, 0.1) is 19.8 Å². The number of aliphatic carboxylic acids is 1. The quantitative estimate of drug-likeness (QED) is 0.683. The van der Waals surface area contributed by atoms with Crippen LogP contribution in [0.3, 0.4) is 0 Å². The van der Waals surface area contributed by atoms with Gasteiger partial charge in [-0.15, -0.1) is 16.7 Å². The van der Waals surface area contributed by atoms with Gasteiger partial charge in [0.1, 0.15) is 5.52 Å². The minimum absolute atomic E-state index is 0.290. The third-order valence-electron chi connectivity index (χ3n) is 5.18. The molecule has 6 heteroatoms. The Bertz CT molecular complexity index is 981. The Morgan fingerprint density at radius 2 is 2.00 bits per heavy atom. The second-order valence-electron chi connectivity index (χ2n) is 6.78. The average Bonchev–Trinajstić information content (AvgIpc) is 3.00. The molecule has 2 atom stereocenters. The van der Waals surface area contributed by atoms with Crippen LogP contribution in [0.5, 0.6) is 0 Å². The molecular formula is C20H22ClN3O2. The molecule has 3 rings (SSSR count). The summed E-state index contributed by atoms with van der Waals surface area (Å²) in [5, 5.41) is 18.0. The van der Waals surface area contributed by atoms with Crippen LogP contribution in [0.2, 0.25) is 0 Å². The monoisotopic (exact) mass is 371 g/mol. The molecule has 0 aliphatic carbocycles. The van der Waals surface area contributed by atoms with Crippen molar-refractivity contribution in [2.45, 2.75) is 32.6 Å². The molecule has 136 valence electrons. The molecule has 1 heterocycles. The summed E-state index contributed by atoms with van der Waals surface area (Å²) in [7, 11) is 1.85. The van der Waals surface area contributed by atoms with E-state index in [2.05, 4.69) is 10.3 Å². The van der Waals surface area contributed by atoms with Crippen LogP contribution in [0.1, 0.15) is 40.7 Å². The van der Waals surface area contributed by atoms with Gasteiger partial charge in [-0.05, 0) is 47.7 Å². The molecule has 0 saturated heterocycles. The molecule has 2 unspecified atom stereocenters. The Balaban J connectivity index is 2.22. The number of benzene rings is 2. The van der Waals surface area contributed by atoms with E-state index in [9.17, 15) is 9.90 Å². The molecular weight excluding hydrogens is 350 g/mol.